The number of rotatable bonds is 4. The largest absolute Gasteiger partial charge is 0.481 e. The van der Waals surface area contributed by atoms with E-state index in [9.17, 15) is 9.59 Å². The number of aryl methyl sites for hydroxylation is 1. The maximum atomic E-state index is 12.9. The van der Waals surface area contributed by atoms with Gasteiger partial charge in [-0.3, -0.25) is 9.59 Å². The Morgan fingerprint density at radius 3 is 2.82 bits per heavy atom. The first kappa shape index (κ1) is 15.0. The zero-order chi connectivity index (χ0) is 15.7. The summed E-state index contributed by atoms with van der Waals surface area (Å²) in [6, 6.07) is 8.12. The Morgan fingerprint density at radius 1 is 1.41 bits per heavy atom. The molecule has 1 amide bonds. The van der Waals surface area contributed by atoms with Crippen molar-refractivity contribution in [3.05, 3.63) is 35.4 Å². The molecule has 1 aliphatic carbocycles. The Morgan fingerprint density at radius 2 is 2.18 bits per heavy atom. The van der Waals surface area contributed by atoms with Gasteiger partial charge in [-0.2, -0.15) is 0 Å². The Kier molecular flexibility index (Phi) is 3.91. The van der Waals surface area contributed by atoms with Gasteiger partial charge in [-0.25, -0.2) is 0 Å². The van der Waals surface area contributed by atoms with Gasteiger partial charge < -0.3 is 14.7 Å². The summed E-state index contributed by atoms with van der Waals surface area (Å²) in [5.41, 5.74) is 1.85. The molecule has 1 aromatic rings. The molecule has 2 fully saturated rings. The van der Waals surface area contributed by atoms with Gasteiger partial charge in [0.1, 0.15) is 0 Å². The van der Waals surface area contributed by atoms with E-state index >= 15 is 0 Å². The van der Waals surface area contributed by atoms with E-state index in [4.69, 9.17) is 9.84 Å². The molecule has 2 aliphatic rings. The van der Waals surface area contributed by atoms with Crippen LogP contribution in [0.3, 0.4) is 0 Å². The normalized spacial score (nSPS) is 23.1. The standard InChI is InChI=1S/C17H21NO4/c1-12-3-2-4-13(9-12)17(5-6-17)16(21)18-7-8-22-14(11-18)10-15(19)20/h2-4,9,14H,5-8,10-11H2,1H3,(H,19,20). The number of amides is 1. The van der Waals surface area contributed by atoms with Crippen LogP contribution in [0.15, 0.2) is 24.3 Å². The Bertz CT molecular complexity index is 594. The molecule has 0 bridgehead atoms. The average Bonchev–Trinajstić information content (AvgIpc) is 3.28. The number of carboxylic acid groups (broad SMARTS) is 1. The van der Waals surface area contributed by atoms with E-state index in [1.807, 2.05) is 25.1 Å². The molecule has 1 N–H and O–H groups in total. The molecule has 22 heavy (non-hydrogen) atoms. The van der Waals surface area contributed by atoms with Crippen LogP contribution < -0.4 is 0 Å². The lowest BCUT2D eigenvalue weighted by molar-refractivity contribution is -0.149. The molecule has 1 heterocycles. The molecule has 3 rings (SSSR count). The highest BCUT2D eigenvalue weighted by atomic mass is 16.5. The smallest absolute Gasteiger partial charge is 0.306 e. The first-order valence-corrected chi connectivity index (χ1v) is 7.71. The van der Waals surface area contributed by atoms with E-state index < -0.39 is 17.5 Å². The number of hydrogen-bond donors (Lipinski definition) is 1. The lowest BCUT2D eigenvalue weighted by atomic mass is 9.92. The fraction of sp³-hybridized carbons (Fsp3) is 0.529. The SMILES string of the molecule is Cc1cccc(C2(C(=O)N3CCOC(CC(=O)O)C3)CC2)c1. The number of ether oxygens (including phenoxy) is 1. The van der Waals surface area contributed by atoms with Crippen molar-refractivity contribution in [1.82, 2.24) is 4.90 Å². The van der Waals surface area contributed by atoms with Crippen molar-refractivity contribution in [2.75, 3.05) is 19.7 Å². The van der Waals surface area contributed by atoms with Crippen LogP contribution in [-0.4, -0.2) is 47.7 Å². The van der Waals surface area contributed by atoms with Crippen LogP contribution in [0.1, 0.15) is 30.4 Å². The average molecular weight is 303 g/mol. The van der Waals surface area contributed by atoms with Crippen molar-refractivity contribution < 1.29 is 19.4 Å². The van der Waals surface area contributed by atoms with Gasteiger partial charge in [0.15, 0.2) is 0 Å². The van der Waals surface area contributed by atoms with E-state index in [1.54, 1.807) is 4.90 Å². The summed E-state index contributed by atoms with van der Waals surface area (Å²) in [7, 11) is 0. The summed E-state index contributed by atoms with van der Waals surface area (Å²) < 4.78 is 5.45. The van der Waals surface area contributed by atoms with Crippen LogP contribution in [0.2, 0.25) is 0 Å². The molecule has 1 saturated heterocycles. The second kappa shape index (κ2) is 5.72. The highest BCUT2D eigenvalue weighted by Crippen LogP contribution is 2.50. The molecule has 118 valence electrons. The molecular weight excluding hydrogens is 282 g/mol. The minimum atomic E-state index is -0.890. The van der Waals surface area contributed by atoms with Crippen molar-refractivity contribution >= 4 is 11.9 Å². The second-order valence-corrected chi connectivity index (χ2v) is 6.29. The van der Waals surface area contributed by atoms with E-state index in [-0.39, 0.29) is 12.3 Å². The molecule has 5 nitrogen and oxygen atoms in total. The highest BCUT2D eigenvalue weighted by Gasteiger charge is 2.53. The summed E-state index contributed by atoms with van der Waals surface area (Å²) in [6.45, 7) is 3.36. The van der Waals surface area contributed by atoms with Gasteiger partial charge in [-0.15, -0.1) is 0 Å². The second-order valence-electron chi connectivity index (χ2n) is 6.29. The number of aliphatic carboxylic acids is 1. The number of nitrogens with zero attached hydrogens (tertiary/aromatic N) is 1. The van der Waals surface area contributed by atoms with Crippen LogP contribution in [0.25, 0.3) is 0 Å². The summed E-state index contributed by atoms with van der Waals surface area (Å²) in [4.78, 5) is 25.6. The fourth-order valence-corrected chi connectivity index (χ4v) is 3.22. The predicted octanol–water partition coefficient (Wildman–Crippen LogP) is 1.73. The molecule has 5 heteroatoms. The van der Waals surface area contributed by atoms with Gasteiger partial charge in [0, 0.05) is 13.1 Å². The van der Waals surface area contributed by atoms with Gasteiger partial charge in [-0.05, 0) is 25.3 Å². The van der Waals surface area contributed by atoms with Crippen molar-refractivity contribution in [2.45, 2.75) is 37.7 Å². The lowest BCUT2D eigenvalue weighted by Crippen LogP contribution is -2.49. The Labute approximate surface area is 129 Å². The van der Waals surface area contributed by atoms with Crippen molar-refractivity contribution in [1.29, 1.82) is 0 Å². The fourth-order valence-electron chi connectivity index (χ4n) is 3.22. The molecule has 0 radical (unpaired) electrons. The van der Waals surface area contributed by atoms with Crippen molar-refractivity contribution in [3.63, 3.8) is 0 Å². The summed E-state index contributed by atoms with van der Waals surface area (Å²) >= 11 is 0. The molecule has 1 atom stereocenters. The zero-order valence-corrected chi connectivity index (χ0v) is 12.7. The summed E-state index contributed by atoms with van der Waals surface area (Å²) in [6.07, 6.45) is 1.29. The quantitative estimate of drug-likeness (QED) is 0.920. The number of carbonyl (C=O) groups excluding carboxylic acids is 1. The van der Waals surface area contributed by atoms with Crippen LogP contribution in [0.5, 0.6) is 0 Å². The highest BCUT2D eigenvalue weighted by molar-refractivity contribution is 5.91. The molecule has 0 spiro atoms. The van der Waals surface area contributed by atoms with Crippen LogP contribution in [0, 0.1) is 6.92 Å². The molecule has 0 aromatic heterocycles. The number of hydrogen-bond acceptors (Lipinski definition) is 3. The number of carboxylic acids is 1. The van der Waals surface area contributed by atoms with Crippen molar-refractivity contribution in [2.24, 2.45) is 0 Å². The maximum Gasteiger partial charge on any atom is 0.306 e. The van der Waals surface area contributed by atoms with Gasteiger partial charge in [0.2, 0.25) is 5.91 Å². The third-order valence-corrected chi connectivity index (χ3v) is 4.56. The van der Waals surface area contributed by atoms with E-state index in [0.29, 0.717) is 19.7 Å². The summed E-state index contributed by atoms with van der Waals surface area (Å²) in [5, 5.41) is 8.89. The monoisotopic (exact) mass is 303 g/mol. The Balaban J connectivity index is 1.74. The van der Waals surface area contributed by atoms with Crippen molar-refractivity contribution in [3.8, 4) is 0 Å². The number of carbonyl (C=O) groups is 2. The third-order valence-electron chi connectivity index (χ3n) is 4.56. The van der Waals surface area contributed by atoms with Gasteiger partial charge >= 0.3 is 5.97 Å². The van der Waals surface area contributed by atoms with Gasteiger partial charge in [-0.1, -0.05) is 29.8 Å². The van der Waals surface area contributed by atoms with Gasteiger partial charge in [0.25, 0.3) is 0 Å². The first-order valence-electron chi connectivity index (χ1n) is 7.71. The van der Waals surface area contributed by atoms with E-state index in [0.717, 1.165) is 24.0 Å². The predicted molar refractivity (Wildman–Crippen MR) is 80.7 cm³/mol. The van der Waals surface area contributed by atoms with E-state index in [1.165, 1.54) is 0 Å². The number of morpholine rings is 1. The van der Waals surface area contributed by atoms with Crippen LogP contribution in [-0.2, 0) is 19.7 Å². The topological polar surface area (TPSA) is 66.8 Å². The lowest BCUT2D eigenvalue weighted by Gasteiger charge is -2.35. The van der Waals surface area contributed by atoms with Crippen LogP contribution in [0.4, 0.5) is 0 Å². The van der Waals surface area contributed by atoms with Crippen LogP contribution >= 0.6 is 0 Å². The third kappa shape index (κ3) is 2.86. The molecule has 1 aliphatic heterocycles. The molecule has 1 unspecified atom stereocenters. The molecule has 1 aromatic carbocycles. The number of benzene rings is 1. The first-order chi connectivity index (χ1) is 10.5. The summed E-state index contributed by atoms with van der Waals surface area (Å²) in [5.74, 6) is -0.768. The maximum absolute atomic E-state index is 12.9. The van der Waals surface area contributed by atoms with E-state index in [2.05, 4.69) is 6.07 Å². The minimum absolute atomic E-state index is 0.0543. The molecular formula is C17H21NO4. The van der Waals surface area contributed by atoms with Gasteiger partial charge in [0.05, 0.1) is 24.5 Å². The Hall–Kier alpha value is -1.88. The minimum Gasteiger partial charge on any atom is -0.481 e. The zero-order valence-electron chi connectivity index (χ0n) is 12.7. The molecule has 1 saturated carbocycles.